The van der Waals surface area contributed by atoms with Gasteiger partial charge in [0.05, 0.1) is 11.3 Å². The molecule has 3 nitrogen and oxygen atoms in total. The third kappa shape index (κ3) is 4.99. The second kappa shape index (κ2) is 7.70. The van der Waals surface area contributed by atoms with Crippen molar-refractivity contribution in [2.45, 2.75) is 25.4 Å². The molecule has 0 fully saturated rings. The molecule has 0 saturated carbocycles. The van der Waals surface area contributed by atoms with Crippen LogP contribution in [0.3, 0.4) is 0 Å². The van der Waals surface area contributed by atoms with Crippen LogP contribution in [-0.4, -0.2) is 20.0 Å². The number of thiophene rings is 1. The highest BCUT2D eigenvalue weighted by Crippen LogP contribution is 2.37. The van der Waals surface area contributed by atoms with Crippen LogP contribution in [0.2, 0.25) is 0 Å². The lowest BCUT2D eigenvalue weighted by Crippen LogP contribution is -2.18. The molecule has 24 heavy (non-hydrogen) atoms. The van der Waals surface area contributed by atoms with Crippen molar-refractivity contribution < 1.29 is 18.0 Å². The maximum Gasteiger partial charge on any atom is 0.418 e. The van der Waals surface area contributed by atoms with Gasteiger partial charge in [-0.05, 0) is 42.5 Å². The number of rotatable bonds is 6. The number of hydrogen-bond donors (Lipinski definition) is 1. The van der Waals surface area contributed by atoms with Gasteiger partial charge in [-0.2, -0.15) is 13.2 Å². The Morgan fingerprint density at radius 2 is 2.00 bits per heavy atom. The molecule has 0 radical (unpaired) electrons. The molecule has 1 aromatic heterocycles. The van der Waals surface area contributed by atoms with Crippen molar-refractivity contribution in [2.75, 3.05) is 24.3 Å². The number of alkyl halides is 3. The zero-order valence-electron chi connectivity index (χ0n) is 13.5. The lowest BCUT2D eigenvalue weighted by molar-refractivity contribution is -0.136. The van der Waals surface area contributed by atoms with E-state index < -0.39 is 17.6 Å². The first-order chi connectivity index (χ1) is 11.3. The van der Waals surface area contributed by atoms with E-state index in [9.17, 15) is 18.0 Å². The lowest BCUT2D eigenvalue weighted by Gasteiger charge is -2.18. The number of nitrogens with one attached hydrogen (secondary N) is 1. The SMILES string of the molecule is CN(C)c1ccc(NC(=O)CCCc2cccs2)c(C(F)(F)F)c1. The van der Waals surface area contributed by atoms with Crippen molar-refractivity contribution in [2.24, 2.45) is 0 Å². The maximum absolute atomic E-state index is 13.2. The first kappa shape index (κ1) is 18.3. The zero-order chi connectivity index (χ0) is 17.7. The van der Waals surface area contributed by atoms with Crippen LogP contribution in [-0.2, 0) is 17.4 Å². The van der Waals surface area contributed by atoms with Crippen molar-refractivity contribution in [1.29, 1.82) is 0 Å². The van der Waals surface area contributed by atoms with E-state index in [4.69, 9.17) is 0 Å². The first-order valence-corrected chi connectivity index (χ1v) is 8.36. The molecule has 7 heteroatoms. The second-order valence-corrected chi connectivity index (χ2v) is 6.64. The summed E-state index contributed by atoms with van der Waals surface area (Å²) < 4.78 is 39.6. The molecule has 1 aromatic carbocycles. The molecular weight excluding hydrogens is 337 g/mol. The van der Waals surface area contributed by atoms with Gasteiger partial charge in [-0.15, -0.1) is 11.3 Å². The van der Waals surface area contributed by atoms with Gasteiger partial charge in [0.15, 0.2) is 0 Å². The van der Waals surface area contributed by atoms with Crippen molar-refractivity contribution in [3.63, 3.8) is 0 Å². The number of halogens is 3. The van der Waals surface area contributed by atoms with E-state index in [0.29, 0.717) is 12.1 Å². The van der Waals surface area contributed by atoms with Gasteiger partial charge in [0.1, 0.15) is 0 Å². The quantitative estimate of drug-likeness (QED) is 0.807. The smallest absolute Gasteiger partial charge is 0.378 e. The number of benzene rings is 1. The number of nitrogens with zero attached hydrogens (tertiary/aromatic N) is 1. The van der Waals surface area contributed by atoms with Gasteiger partial charge in [0, 0.05) is 31.1 Å². The summed E-state index contributed by atoms with van der Waals surface area (Å²) in [5, 5.41) is 4.34. The predicted octanol–water partition coefficient (Wildman–Crippen LogP) is 4.79. The normalized spacial score (nSPS) is 11.4. The Morgan fingerprint density at radius 3 is 2.58 bits per heavy atom. The van der Waals surface area contributed by atoms with Crippen LogP contribution in [0.25, 0.3) is 0 Å². The fourth-order valence-corrected chi connectivity index (χ4v) is 3.00. The summed E-state index contributed by atoms with van der Waals surface area (Å²) in [5.74, 6) is -0.408. The lowest BCUT2D eigenvalue weighted by atomic mass is 10.1. The van der Waals surface area contributed by atoms with E-state index in [2.05, 4.69) is 5.32 Å². The fourth-order valence-electron chi connectivity index (χ4n) is 2.24. The van der Waals surface area contributed by atoms with Crippen LogP contribution >= 0.6 is 11.3 Å². The molecule has 2 aromatic rings. The van der Waals surface area contributed by atoms with E-state index in [1.165, 1.54) is 6.07 Å². The van der Waals surface area contributed by atoms with Crippen molar-refractivity contribution in [3.05, 3.63) is 46.2 Å². The predicted molar refractivity (Wildman–Crippen MR) is 91.7 cm³/mol. The summed E-state index contributed by atoms with van der Waals surface area (Å²) in [6.07, 6.45) is -2.99. The minimum Gasteiger partial charge on any atom is -0.378 e. The number of carbonyl (C=O) groups excluding carboxylic acids is 1. The molecule has 0 atom stereocenters. The molecule has 1 heterocycles. The van der Waals surface area contributed by atoms with E-state index in [1.54, 1.807) is 36.4 Å². The molecule has 0 aliphatic carbocycles. The van der Waals surface area contributed by atoms with Gasteiger partial charge in [0.25, 0.3) is 0 Å². The molecule has 0 bridgehead atoms. The van der Waals surface area contributed by atoms with Crippen LogP contribution in [0.15, 0.2) is 35.7 Å². The minimum atomic E-state index is -4.52. The average Bonchev–Trinajstić information content (AvgIpc) is 2.99. The number of hydrogen-bond acceptors (Lipinski definition) is 3. The Hall–Kier alpha value is -2.02. The van der Waals surface area contributed by atoms with Crippen LogP contribution in [0.4, 0.5) is 24.5 Å². The van der Waals surface area contributed by atoms with E-state index in [0.717, 1.165) is 17.4 Å². The van der Waals surface area contributed by atoms with E-state index in [1.807, 2.05) is 17.5 Å². The van der Waals surface area contributed by atoms with Gasteiger partial charge < -0.3 is 10.2 Å². The van der Waals surface area contributed by atoms with Crippen LogP contribution in [0.5, 0.6) is 0 Å². The van der Waals surface area contributed by atoms with Crippen molar-refractivity contribution in [3.8, 4) is 0 Å². The van der Waals surface area contributed by atoms with E-state index >= 15 is 0 Å². The van der Waals surface area contributed by atoms with Gasteiger partial charge in [-0.1, -0.05) is 6.07 Å². The summed E-state index contributed by atoms with van der Waals surface area (Å²) in [4.78, 5) is 14.7. The maximum atomic E-state index is 13.2. The molecule has 1 N–H and O–H groups in total. The number of aryl methyl sites for hydroxylation is 1. The molecule has 0 aliphatic heterocycles. The van der Waals surface area contributed by atoms with Crippen molar-refractivity contribution in [1.82, 2.24) is 0 Å². The highest BCUT2D eigenvalue weighted by Gasteiger charge is 2.34. The minimum absolute atomic E-state index is 0.185. The van der Waals surface area contributed by atoms with Gasteiger partial charge in [-0.3, -0.25) is 4.79 Å². The van der Waals surface area contributed by atoms with Crippen molar-refractivity contribution >= 4 is 28.6 Å². The standard InChI is InChI=1S/C17H19F3N2OS/c1-22(2)12-8-9-15(14(11-12)17(18,19)20)21-16(23)7-3-5-13-6-4-10-24-13/h4,6,8-11H,3,5,7H2,1-2H3,(H,21,23). The topological polar surface area (TPSA) is 32.3 Å². The zero-order valence-corrected chi connectivity index (χ0v) is 14.3. The van der Waals surface area contributed by atoms with Gasteiger partial charge in [-0.25, -0.2) is 0 Å². The molecule has 130 valence electrons. The summed E-state index contributed by atoms with van der Waals surface area (Å²) in [5.41, 5.74) is -0.604. The van der Waals surface area contributed by atoms with E-state index in [-0.39, 0.29) is 12.1 Å². The number of carbonyl (C=O) groups is 1. The van der Waals surface area contributed by atoms with Crippen LogP contribution in [0, 0.1) is 0 Å². The van der Waals surface area contributed by atoms with Gasteiger partial charge >= 0.3 is 6.18 Å². The molecule has 2 rings (SSSR count). The Kier molecular flexibility index (Phi) is 5.88. The molecular formula is C17H19F3N2OS. The second-order valence-electron chi connectivity index (χ2n) is 5.60. The number of amides is 1. The Balaban J connectivity index is 2.03. The Morgan fingerprint density at radius 1 is 1.25 bits per heavy atom. The Labute approximate surface area is 143 Å². The summed E-state index contributed by atoms with van der Waals surface area (Å²) in [7, 11) is 3.33. The molecule has 0 unspecified atom stereocenters. The largest absolute Gasteiger partial charge is 0.418 e. The summed E-state index contributed by atoms with van der Waals surface area (Å²) in [6, 6.07) is 7.80. The third-order valence-electron chi connectivity index (χ3n) is 3.51. The molecule has 0 saturated heterocycles. The Bertz CT molecular complexity index is 682. The van der Waals surface area contributed by atoms with Crippen LogP contribution < -0.4 is 10.2 Å². The van der Waals surface area contributed by atoms with Crippen LogP contribution in [0.1, 0.15) is 23.3 Å². The number of anilines is 2. The summed E-state index contributed by atoms with van der Waals surface area (Å²) >= 11 is 1.60. The monoisotopic (exact) mass is 356 g/mol. The first-order valence-electron chi connectivity index (χ1n) is 7.48. The molecule has 0 spiro atoms. The fraction of sp³-hybridized carbons (Fsp3) is 0.353. The molecule has 0 aliphatic rings. The highest BCUT2D eigenvalue weighted by atomic mass is 32.1. The third-order valence-corrected chi connectivity index (χ3v) is 4.44. The van der Waals surface area contributed by atoms with Gasteiger partial charge in [0.2, 0.25) is 5.91 Å². The average molecular weight is 356 g/mol. The molecule has 1 amide bonds. The summed E-state index contributed by atoms with van der Waals surface area (Å²) in [6.45, 7) is 0. The highest BCUT2D eigenvalue weighted by molar-refractivity contribution is 7.09.